The van der Waals surface area contributed by atoms with Gasteiger partial charge in [-0.05, 0) is 43.2 Å². The van der Waals surface area contributed by atoms with E-state index < -0.39 is 12.1 Å². The van der Waals surface area contributed by atoms with E-state index in [9.17, 15) is 14.7 Å². The van der Waals surface area contributed by atoms with Crippen LogP contribution in [0.5, 0.6) is 0 Å². The van der Waals surface area contributed by atoms with Gasteiger partial charge in [0.25, 0.3) is 0 Å². The number of benzene rings is 1. The van der Waals surface area contributed by atoms with E-state index in [1.165, 1.54) is 6.07 Å². The van der Waals surface area contributed by atoms with Crippen LogP contribution in [0.3, 0.4) is 0 Å². The Morgan fingerprint density at radius 2 is 2.04 bits per heavy atom. The molecule has 2 N–H and O–H groups in total. The number of anilines is 1. The van der Waals surface area contributed by atoms with Gasteiger partial charge in [0.2, 0.25) is 11.7 Å². The van der Waals surface area contributed by atoms with Gasteiger partial charge in [-0.2, -0.15) is 0 Å². The molecule has 1 unspecified atom stereocenters. The molecule has 0 spiro atoms. The smallest absolute Gasteiger partial charge is 0.371 e. The summed E-state index contributed by atoms with van der Waals surface area (Å²) in [4.78, 5) is 24.8. The summed E-state index contributed by atoms with van der Waals surface area (Å²) in [6.45, 7) is 2.16. The molecule has 1 aromatic heterocycles. The highest BCUT2D eigenvalue weighted by Gasteiger charge is 2.32. The molecule has 0 saturated carbocycles. The number of aliphatic hydroxyl groups excluding tert-OH is 1. The molecule has 2 aromatic rings. The highest BCUT2D eigenvalue weighted by atomic mass is 16.5. The van der Waals surface area contributed by atoms with Crippen molar-refractivity contribution in [2.45, 2.75) is 38.5 Å². The summed E-state index contributed by atoms with van der Waals surface area (Å²) < 4.78 is 10.8. The molecular weight excluding hydrogens is 338 g/mol. The number of carbonyl (C=O) groups is 2. The molecule has 0 radical (unpaired) electrons. The lowest BCUT2D eigenvalue weighted by Gasteiger charge is -2.25. The maximum absolute atomic E-state index is 12.3. The lowest BCUT2D eigenvalue weighted by molar-refractivity contribution is -0.117. The van der Waals surface area contributed by atoms with Crippen molar-refractivity contribution in [3.05, 3.63) is 53.5 Å². The Kier molecular flexibility index (Phi) is 5.39. The van der Waals surface area contributed by atoms with Gasteiger partial charge in [-0.3, -0.25) is 4.79 Å². The number of carbonyl (C=O) groups excluding carboxylic acids is 1. The Morgan fingerprint density at radius 1 is 1.31 bits per heavy atom. The van der Waals surface area contributed by atoms with Crippen molar-refractivity contribution < 1.29 is 29.0 Å². The third-order valence-corrected chi connectivity index (χ3v) is 4.41. The number of nitrogens with zero attached hydrogens (tertiary/aromatic N) is 1. The summed E-state index contributed by atoms with van der Waals surface area (Å²) in [5.74, 6) is -0.780. The minimum atomic E-state index is -1.12. The first-order valence-electron chi connectivity index (χ1n) is 8.45. The van der Waals surface area contributed by atoms with Crippen LogP contribution < -0.4 is 4.90 Å². The number of ether oxygens (including phenoxy) is 1. The summed E-state index contributed by atoms with van der Waals surface area (Å²) in [7, 11) is 0. The molecule has 1 amide bonds. The predicted molar refractivity (Wildman–Crippen MR) is 92.9 cm³/mol. The number of hydrogen-bond donors (Lipinski definition) is 2. The number of aliphatic hydroxyl groups is 1. The van der Waals surface area contributed by atoms with Crippen molar-refractivity contribution in [1.29, 1.82) is 0 Å². The largest absolute Gasteiger partial charge is 0.475 e. The maximum Gasteiger partial charge on any atom is 0.371 e. The van der Waals surface area contributed by atoms with Crippen LogP contribution in [0.1, 0.15) is 47.7 Å². The third-order valence-electron chi connectivity index (χ3n) is 4.41. The molecule has 3 rings (SSSR count). The van der Waals surface area contributed by atoms with Gasteiger partial charge in [-0.15, -0.1) is 0 Å². The number of rotatable bonds is 7. The van der Waals surface area contributed by atoms with Crippen LogP contribution >= 0.6 is 0 Å². The van der Waals surface area contributed by atoms with Crippen molar-refractivity contribution >= 4 is 17.6 Å². The molecule has 7 heteroatoms. The summed E-state index contributed by atoms with van der Waals surface area (Å²) in [6.07, 6.45) is 0.590. The molecule has 7 nitrogen and oxygen atoms in total. The zero-order valence-corrected chi connectivity index (χ0v) is 14.4. The van der Waals surface area contributed by atoms with E-state index in [0.717, 1.165) is 11.3 Å². The van der Waals surface area contributed by atoms with E-state index in [2.05, 4.69) is 0 Å². The molecule has 0 bridgehead atoms. The Bertz CT molecular complexity index is 780. The first kappa shape index (κ1) is 18.2. The number of carboxylic acid groups (broad SMARTS) is 1. The topological polar surface area (TPSA) is 100 Å². The normalized spacial score (nSPS) is 18.3. The van der Waals surface area contributed by atoms with Crippen LogP contribution in [0.2, 0.25) is 0 Å². The first-order chi connectivity index (χ1) is 12.5. The second-order valence-corrected chi connectivity index (χ2v) is 6.31. The van der Waals surface area contributed by atoms with Crippen molar-refractivity contribution in [3.8, 4) is 0 Å². The average molecular weight is 359 g/mol. The number of amides is 1. The number of hydrogen-bond acceptors (Lipinski definition) is 5. The number of carboxylic acids is 1. The monoisotopic (exact) mass is 359 g/mol. The SMILES string of the molecule is CC(O)c1ccc(N2C(=O)CC[C@@H]2COCc2ccc(C(=O)O)o2)cc1. The van der Waals surface area contributed by atoms with Gasteiger partial charge in [-0.1, -0.05) is 12.1 Å². The number of furan rings is 1. The summed E-state index contributed by atoms with van der Waals surface area (Å²) in [5, 5.41) is 18.4. The van der Waals surface area contributed by atoms with E-state index in [1.54, 1.807) is 30.0 Å². The summed E-state index contributed by atoms with van der Waals surface area (Å²) >= 11 is 0. The van der Waals surface area contributed by atoms with Gasteiger partial charge in [0, 0.05) is 12.1 Å². The second-order valence-electron chi connectivity index (χ2n) is 6.31. The van der Waals surface area contributed by atoms with Gasteiger partial charge in [0.05, 0.1) is 18.8 Å². The molecule has 26 heavy (non-hydrogen) atoms. The fourth-order valence-electron chi connectivity index (χ4n) is 3.04. The third kappa shape index (κ3) is 3.95. The molecule has 1 aromatic carbocycles. The fraction of sp³-hybridized carbons (Fsp3) is 0.368. The minimum absolute atomic E-state index is 0.0366. The first-order valence-corrected chi connectivity index (χ1v) is 8.45. The van der Waals surface area contributed by atoms with Crippen molar-refractivity contribution in [1.82, 2.24) is 0 Å². The lowest BCUT2D eigenvalue weighted by atomic mass is 10.1. The van der Waals surface area contributed by atoms with Crippen LogP contribution in [0, 0.1) is 0 Å². The van der Waals surface area contributed by atoms with Gasteiger partial charge in [0.1, 0.15) is 12.4 Å². The van der Waals surface area contributed by atoms with E-state index in [-0.39, 0.29) is 24.3 Å². The van der Waals surface area contributed by atoms with Crippen molar-refractivity contribution in [2.75, 3.05) is 11.5 Å². The van der Waals surface area contributed by atoms with Crippen molar-refractivity contribution in [3.63, 3.8) is 0 Å². The molecule has 1 fully saturated rings. The van der Waals surface area contributed by atoms with Crippen LogP contribution in [-0.4, -0.2) is 34.7 Å². The molecule has 2 heterocycles. The average Bonchev–Trinajstić information content (AvgIpc) is 3.22. The highest BCUT2D eigenvalue weighted by Crippen LogP contribution is 2.28. The van der Waals surface area contributed by atoms with E-state index in [4.69, 9.17) is 14.3 Å². The summed E-state index contributed by atoms with van der Waals surface area (Å²) in [5.41, 5.74) is 1.57. The Morgan fingerprint density at radius 3 is 2.65 bits per heavy atom. The van der Waals surface area contributed by atoms with Crippen LogP contribution in [0.4, 0.5) is 5.69 Å². The van der Waals surface area contributed by atoms with E-state index in [1.807, 2.05) is 12.1 Å². The van der Waals surface area contributed by atoms with Crippen LogP contribution in [0.25, 0.3) is 0 Å². The predicted octanol–water partition coefficient (Wildman–Crippen LogP) is 2.74. The Hall–Kier alpha value is -2.64. The zero-order valence-electron chi connectivity index (χ0n) is 14.4. The molecule has 0 aliphatic carbocycles. The fourth-order valence-corrected chi connectivity index (χ4v) is 3.04. The summed E-state index contributed by atoms with van der Waals surface area (Å²) in [6, 6.07) is 10.1. The highest BCUT2D eigenvalue weighted by molar-refractivity contribution is 5.96. The van der Waals surface area contributed by atoms with Crippen LogP contribution in [-0.2, 0) is 16.1 Å². The molecule has 1 aliphatic heterocycles. The molecule has 1 aliphatic rings. The van der Waals surface area contributed by atoms with Gasteiger partial charge < -0.3 is 24.3 Å². The Balaban J connectivity index is 1.61. The van der Waals surface area contributed by atoms with Crippen molar-refractivity contribution in [2.24, 2.45) is 0 Å². The van der Waals surface area contributed by atoms with E-state index >= 15 is 0 Å². The lowest BCUT2D eigenvalue weighted by Crippen LogP contribution is -2.36. The minimum Gasteiger partial charge on any atom is -0.475 e. The maximum atomic E-state index is 12.3. The quantitative estimate of drug-likeness (QED) is 0.788. The molecular formula is C19H21NO6. The molecule has 2 atom stereocenters. The molecule has 1 saturated heterocycles. The molecule has 138 valence electrons. The van der Waals surface area contributed by atoms with Gasteiger partial charge in [-0.25, -0.2) is 4.79 Å². The number of aromatic carboxylic acids is 1. The second kappa shape index (κ2) is 7.72. The zero-order chi connectivity index (χ0) is 18.7. The standard InChI is InChI=1S/C19H21NO6/c1-12(21)13-2-4-14(5-3-13)20-15(6-9-18(20)22)10-25-11-16-7-8-17(26-16)19(23)24/h2-5,7-8,12,15,21H,6,9-11H2,1H3,(H,23,24)/t12?,15-/m1/s1. The van der Waals surface area contributed by atoms with Gasteiger partial charge in [0.15, 0.2) is 0 Å². The van der Waals surface area contributed by atoms with Gasteiger partial charge >= 0.3 is 5.97 Å². The van der Waals surface area contributed by atoms with E-state index in [0.29, 0.717) is 25.2 Å². The van der Waals surface area contributed by atoms with Crippen LogP contribution in [0.15, 0.2) is 40.8 Å². The Labute approximate surface area is 150 Å².